The number of ether oxygens (including phenoxy) is 1. The fourth-order valence-corrected chi connectivity index (χ4v) is 5.84. The summed E-state index contributed by atoms with van der Waals surface area (Å²) in [5, 5.41) is 1.28. The molecule has 7 heteroatoms. The van der Waals surface area contributed by atoms with Gasteiger partial charge < -0.3 is 14.5 Å². The van der Waals surface area contributed by atoms with E-state index in [1.807, 2.05) is 0 Å². The number of aryl methyl sites for hydroxylation is 1. The highest BCUT2D eigenvalue weighted by molar-refractivity contribution is 7.26. The molecule has 0 aromatic carbocycles. The maximum atomic E-state index is 5.58. The van der Waals surface area contributed by atoms with Crippen LogP contribution >= 0.6 is 11.3 Å². The lowest BCUT2D eigenvalue weighted by molar-refractivity contribution is 0.122. The second kappa shape index (κ2) is 8.03. The van der Waals surface area contributed by atoms with Gasteiger partial charge in [-0.05, 0) is 43.2 Å². The summed E-state index contributed by atoms with van der Waals surface area (Å²) < 4.78 is 6.77. The van der Waals surface area contributed by atoms with E-state index in [9.17, 15) is 0 Å². The summed E-state index contributed by atoms with van der Waals surface area (Å²) in [5.41, 5.74) is 4.03. The summed E-state index contributed by atoms with van der Waals surface area (Å²) >= 11 is 1.77. The molecule has 1 aliphatic carbocycles. The van der Waals surface area contributed by atoms with Gasteiger partial charge in [0, 0.05) is 32.1 Å². The minimum Gasteiger partial charge on any atom is -0.378 e. The number of morpholine rings is 1. The third kappa shape index (κ3) is 3.34. The number of fused-ring (bicyclic) bond motifs is 5. The van der Waals surface area contributed by atoms with Crippen LogP contribution in [-0.2, 0) is 17.6 Å². The van der Waals surface area contributed by atoms with Gasteiger partial charge >= 0.3 is 0 Å². The number of nitrogens with zero attached hydrogens (tertiary/aromatic N) is 5. The van der Waals surface area contributed by atoms with Gasteiger partial charge in [0.25, 0.3) is 0 Å². The van der Waals surface area contributed by atoms with E-state index in [2.05, 4.69) is 28.8 Å². The van der Waals surface area contributed by atoms with Gasteiger partial charge in [0.15, 0.2) is 0 Å². The molecule has 1 saturated heterocycles. The molecule has 0 radical (unpaired) electrons. The minimum atomic E-state index is 0.790. The van der Waals surface area contributed by atoms with Crippen LogP contribution in [0.4, 0.5) is 11.6 Å². The van der Waals surface area contributed by atoms with Crippen molar-refractivity contribution in [1.29, 1.82) is 0 Å². The lowest BCUT2D eigenvalue weighted by atomic mass is 9.90. The van der Waals surface area contributed by atoms with E-state index in [0.29, 0.717) is 0 Å². The van der Waals surface area contributed by atoms with Crippen LogP contribution < -0.4 is 9.80 Å². The molecular formula is C22H29N5OS. The molecule has 154 valence electrons. The van der Waals surface area contributed by atoms with Gasteiger partial charge in [-0.3, -0.25) is 0 Å². The van der Waals surface area contributed by atoms with Gasteiger partial charge in [0.2, 0.25) is 0 Å². The minimum absolute atomic E-state index is 0.790. The number of unbranched alkanes of at least 4 members (excludes halogenated alkanes) is 1. The second-order valence-electron chi connectivity index (χ2n) is 8.13. The molecule has 3 aromatic rings. The smallest absolute Gasteiger partial charge is 0.149 e. The molecule has 29 heavy (non-hydrogen) atoms. The molecule has 2 aliphatic rings. The van der Waals surface area contributed by atoms with Crippen molar-refractivity contribution in [2.24, 2.45) is 0 Å². The van der Waals surface area contributed by atoms with Crippen LogP contribution in [-0.4, -0.2) is 54.8 Å². The van der Waals surface area contributed by atoms with Crippen LogP contribution in [0.25, 0.3) is 20.4 Å². The van der Waals surface area contributed by atoms with Crippen LogP contribution in [0.2, 0.25) is 0 Å². The second-order valence-corrected chi connectivity index (χ2v) is 9.13. The zero-order valence-corrected chi connectivity index (χ0v) is 18.2. The lowest BCUT2D eigenvalue weighted by Gasteiger charge is -2.31. The average Bonchev–Trinajstić information content (AvgIpc) is 3.16. The first-order valence-corrected chi connectivity index (χ1v) is 11.7. The number of aromatic nitrogens is 3. The van der Waals surface area contributed by atoms with E-state index in [1.54, 1.807) is 17.7 Å². The third-order valence-electron chi connectivity index (χ3n) is 6.20. The van der Waals surface area contributed by atoms with E-state index in [-0.39, 0.29) is 0 Å². The summed E-state index contributed by atoms with van der Waals surface area (Å²) in [6.45, 7) is 6.69. The van der Waals surface area contributed by atoms with E-state index in [0.717, 1.165) is 61.9 Å². The molecule has 0 saturated carbocycles. The summed E-state index contributed by atoms with van der Waals surface area (Å²) in [6.07, 6.45) is 8.83. The Morgan fingerprint density at radius 3 is 2.72 bits per heavy atom. The van der Waals surface area contributed by atoms with Crippen LogP contribution in [0.5, 0.6) is 0 Å². The maximum absolute atomic E-state index is 5.58. The van der Waals surface area contributed by atoms with Gasteiger partial charge in [0.1, 0.15) is 22.8 Å². The van der Waals surface area contributed by atoms with Crippen molar-refractivity contribution in [3.05, 3.63) is 17.5 Å². The quantitative estimate of drug-likeness (QED) is 0.627. The monoisotopic (exact) mass is 411 g/mol. The summed E-state index contributed by atoms with van der Waals surface area (Å²) in [5.74, 6) is 2.24. The summed E-state index contributed by atoms with van der Waals surface area (Å²) in [4.78, 5) is 20.4. The number of pyridine rings is 1. The Hall–Kier alpha value is -1.99. The molecule has 1 fully saturated rings. The number of anilines is 2. The largest absolute Gasteiger partial charge is 0.378 e. The zero-order valence-electron chi connectivity index (χ0n) is 17.4. The van der Waals surface area contributed by atoms with Crippen molar-refractivity contribution >= 4 is 43.4 Å². The molecule has 1 aliphatic heterocycles. The Morgan fingerprint density at radius 1 is 1.14 bits per heavy atom. The molecule has 3 aromatic heterocycles. The van der Waals surface area contributed by atoms with E-state index in [4.69, 9.17) is 14.7 Å². The van der Waals surface area contributed by atoms with Crippen LogP contribution in [0.3, 0.4) is 0 Å². The van der Waals surface area contributed by atoms with E-state index < -0.39 is 0 Å². The maximum Gasteiger partial charge on any atom is 0.149 e. The Morgan fingerprint density at radius 2 is 1.93 bits per heavy atom. The molecule has 4 heterocycles. The topological polar surface area (TPSA) is 54.4 Å². The van der Waals surface area contributed by atoms with Gasteiger partial charge in [-0.15, -0.1) is 11.3 Å². The molecule has 6 nitrogen and oxygen atoms in total. The number of rotatable bonds is 5. The van der Waals surface area contributed by atoms with Crippen molar-refractivity contribution in [3.63, 3.8) is 0 Å². The molecule has 0 unspecified atom stereocenters. The predicted molar refractivity (Wildman–Crippen MR) is 121 cm³/mol. The Bertz CT molecular complexity index is 1030. The molecule has 0 N–H and O–H groups in total. The molecule has 5 rings (SSSR count). The molecule has 0 atom stereocenters. The fraction of sp³-hybridized carbons (Fsp3) is 0.591. The van der Waals surface area contributed by atoms with Gasteiger partial charge in [0.05, 0.1) is 23.4 Å². The molecule has 0 spiro atoms. The van der Waals surface area contributed by atoms with Crippen molar-refractivity contribution < 1.29 is 4.74 Å². The average molecular weight is 412 g/mol. The van der Waals surface area contributed by atoms with Gasteiger partial charge in [-0.1, -0.05) is 13.3 Å². The zero-order chi connectivity index (χ0) is 19.8. The van der Waals surface area contributed by atoms with Gasteiger partial charge in [-0.2, -0.15) is 0 Å². The first-order chi connectivity index (χ1) is 14.3. The van der Waals surface area contributed by atoms with Crippen LogP contribution in [0.1, 0.15) is 43.7 Å². The highest BCUT2D eigenvalue weighted by Gasteiger charge is 2.26. The first kappa shape index (κ1) is 19.0. The molecule has 0 amide bonds. The SMILES string of the molecule is CCCCN(C)c1ncnc2c1sc1nc(N3CCOCC3)c3c(c12)CCCC3. The van der Waals surface area contributed by atoms with E-state index in [1.165, 1.54) is 52.7 Å². The Balaban J connectivity index is 1.70. The third-order valence-corrected chi connectivity index (χ3v) is 7.27. The van der Waals surface area contributed by atoms with Gasteiger partial charge in [-0.25, -0.2) is 15.0 Å². The highest BCUT2D eigenvalue weighted by atomic mass is 32.1. The summed E-state index contributed by atoms with van der Waals surface area (Å²) in [7, 11) is 2.14. The Labute approximate surface area is 175 Å². The lowest BCUT2D eigenvalue weighted by Crippen LogP contribution is -2.37. The van der Waals surface area contributed by atoms with Crippen molar-refractivity contribution in [1.82, 2.24) is 15.0 Å². The fourth-order valence-electron chi connectivity index (χ4n) is 4.64. The van der Waals surface area contributed by atoms with Crippen molar-refractivity contribution in [2.45, 2.75) is 45.4 Å². The first-order valence-electron chi connectivity index (χ1n) is 10.9. The molecule has 0 bridgehead atoms. The number of hydrogen-bond donors (Lipinski definition) is 0. The Kier molecular flexibility index (Phi) is 5.26. The van der Waals surface area contributed by atoms with Crippen molar-refractivity contribution in [2.75, 3.05) is 49.7 Å². The number of hydrogen-bond acceptors (Lipinski definition) is 7. The standard InChI is InChI=1S/C22H29N5OS/c1-3-4-9-26(2)21-19-18(23-14-24-21)17-15-7-5-6-8-16(15)20(25-22(17)29-19)27-10-12-28-13-11-27/h14H,3-13H2,1-2H3. The highest BCUT2D eigenvalue weighted by Crippen LogP contribution is 2.43. The van der Waals surface area contributed by atoms with E-state index >= 15 is 0 Å². The predicted octanol–water partition coefficient (Wildman–Crippen LogP) is 4.19. The normalized spacial score (nSPS) is 17.1. The van der Waals surface area contributed by atoms with Crippen LogP contribution in [0.15, 0.2) is 6.33 Å². The number of thiophene rings is 1. The van der Waals surface area contributed by atoms with Crippen molar-refractivity contribution in [3.8, 4) is 0 Å². The summed E-state index contributed by atoms with van der Waals surface area (Å²) in [6, 6.07) is 0. The molecular weight excluding hydrogens is 382 g/mol. The van der Waals surface area contributed by atoms with Crippen LogP contribution in [0, 0.1) is 0 Å².